The lowest BCUT2D eigenvalue weighted by Gasteiger charge is -2.09. The molecule has 0 saturated heterocycles. The summed E-state index contributed by atoms with van der Waals surface area (Å²) in [6.07, 6.45) is 6.81. The van der Waals surface area contributed by atoms with Crippen LogP contribution in [0, 0.1) is 6.92 Å². The van der Waals surface area contributed by atoms with Crippen LogP contribution in [0.15, 0.2) is 24.7 Å². The van der Waals surface area contributed by atoms with Crippen molar-refractivity contribution in [1.29, 1.82) is 0 Å². The maximum Gasteiger partial charge on any atom is 0.0831 e. The van der Waals surface area contributed by atoms with Gasteiger partial charge in [-0.1, -0.05) is 0 Å². The van der Waals surface area contributed by atoms with Gasteiger partial charge in [0.05, 0.1) is 17.6 Å². The Kier molecular flexibility index (Phi) is 2.22. The van der Waals surface area contributed by atoms with E-state index in [1.165, 1.54) is 11.3 Å². The predicted molar refractivity (Wildman–Crippen MR) is 61.5 cm³/mol. The molecular formula is C12H14N4. The molecule has 0 aromatic carbocycles. The van der Waals surface area contributed by atoms with Gasteiger partial charge in [0.1, 0.15) is 0 Å². The number of nitrogens with zero attached hydrogens (tertiary/aromatic N) is 3. The van der Waals surface area contributed by atoms with Gasteiger partial charge in [-0.05, 0) is 18.6 Å². The zero-order chi connectivity index (χ0) is 11.0. The minimum absolute atomic E-state index is 0.925. The first-order valence-electron chi connectivity index (χ1n) is 5.53. The highest BCUT2D eigenvalue weighted by atomic mass is 15.3. The summed E-state index contributed by atoms with van der Waals surface area (Å²) in [7, 11) is 0. The standard InChI is InChI=1S/C12H14N4/c1-9-4-11(7-14-5-9)16-8-10-6-13-3-2-12(10)15-16/h4-5,7-8,13H,2-3,6H2,1H3. The predicted octanol–water partition coefficient (Wildman–Crippen LogP) is 1.22. The first-order valence-corrected chi connectivity index (χ1v) is 5.53. The van der Waals surface area contributed by atoms with Gasteiger partial charge in [0, 0.05) is 37.5 Å². The summed E-state index contributed by atoms with van der Waals surface area (Å²) in [5.74, 6) is 0. The molecule has 0 atom stereocenters. The maximum absolute atomic E-state index is 4.60. The monoisotopic (exact) mass is 214 g/mol. The van der Waals surface area contributed by atoms with Crippen LogP contribution in [0.1, 0.15) is 16.8 Å². The largest absolute Gasteiger partial charge is 0.312 e. The third-order valence-corrected chi connectivity index (χ3v) is 2.86. The number of aryl methyl sites for hydroxylation is 1. The maximum atomic E-state index is 4.60. The van der Waals surface area contributed by atoms with E-state index in [1.54, 1.807) is 0 Å². The van der Waals surface area contributed by atoms with Crippen LogP contribution >= 0.6 is 0 Å². The van der Waals surface area contributed by atoms with E-state index in [-0.39, 0.29) is 0 Å². The third-order valence-electron chi connectivity index (χ3n) is 2.86. The average Bonchev–Trinajstić information content (AvgIpc) is 2.72. The summed E-state index contributed by atoms with van der Waals surface area (Å²) in [5, 5.41) is 7.95. The number of rotatable bonds is 1. The Labute approximate surface area is 94.3 Å². The highest BCUT2D eigenvalue weighted by Crippen LogP contribution is 2.15. The minimum atomic E-state index is 0.925. The molecule has 4 nitrogen and oxygen atoms in total. The summed E-state index contributed by atoms with van der Waals surface area (Å²) >= 11 is 0. The second kappa shape index (κ2) is 3.72. The molecule has 3 heterocycles. The summed E-state index contributed by atoms with van der Waals surface area (Å²) in [5.41, 5.74) is 4.70. The molecule has 4 heteroatoms. The fourth-order valence-corrected chi connectivity index (χ4v) is 2.03. The fraction of sp³-hybridized carbons (Fsp3) is 0.333. The van der Waals surface area contributed by atoms with Crippen molar-refractivity contribution in [3.8, 4) is 5.69 Å². The molecule has 0 radical (unpaired) electrons. The second-order valence-corrected chi connectivity index (χ2v) is 4.19. The van der Waals surface area contributed by atoms with E-state index < -0.39 is 0 Å². The molecule has 16 heavy (non-hydrogen) atoms. The van der Waals surface area contributed by atoms with Crippen LogP contribution < -0.4 is 5.32 Å². The average molecular weight is 214 g/mol. The molecule has 0 fully saturated rings. The lowest BCUT2D eigenvalue weighted by molar-refractivity contribution is 0.635. The zero-order valence-corrected chi connectivity index (χ0v) is 9.27. The van der Waals surface area contributed by atoms with E-state index in [0.29, 0.717) is 0 Å². The van der Waals surface area contributed by atoms with Crippen molar-refractivity contribution in [3.05, 3.63) is 41.5 Å². The van der Waals surface area contributed by atoms with Crippen molar-refractivity contribution in [3.63, 3.8) is 0 Å². The minimum Gasteiger partial charge on any atom is -0.312 e. The van der Waals surface area contributed by atoms with E-state index in [4.69, 9.17) is 0 Å². The number of aromatic nitrogens is 3. The Morgan fingerprint density at radius 3 is 3.12 bits per heavy atom. The van der Waals surface area contributed by atoms with Gasteiger partial charge in [-0.2, -0.15) is 5.10 Å². The first kappa shape index (κ1) is 9.54. The van der Waals surface area contributed by atoms with Crippen LogP contribution in [0.4, 0.5) is 0 Å². The van der Waals surface area contributed by atoms with Crippen molar-refractivity contribution in [2.24, 2.45) is 0 Å². The topological polar surface area (TPSA) is 42.7 Å². The summed E-state index contributed by atoms with van der Waals surface area (Å²) in [6, 6.07) is 2.10. The molecule has 2 aromatic rings. The molecular weight excluding hydrogens is 200 g/mol. The quantitative estimate of drug-likeness (QED) is 0.776. The van der Waals surface area contributed by atoms with E-state index >= 15 is 0 Å². The van der Waals surface area contributed by atoms with Gasteiger partial charge in [-0.25, -0.2) is 4.68 Å². The third kappa shape index (κ3) is 1.61. The van der Waals surface area contributed by atoms with Crippen LogP contribution in [0.25, 0.3) is 5.69 Å². The first-order chi connectivity index (χ1) is 7.83. The summed E-state index contributed by atoms with van der Waals surface area (Å²) in [6.45, 7) is 3.99. The number of hydrogen-bond acceptors (Lipinski definition) is 3. The molecule has 0 aliphatic carbocycles. The number of hydrogen-bond donors (Lipinski definition) is 1. The Morgan fingerprint density at radius 2 is 2.31 bits per heavy atom. The van der Waals surface area contributed by atoms with Crippen LogP contribution in [-0.4, -0.2) is 21.3 Å². The van der Waals surface area contributed by atoms with Gasteiger partial charge in [0.25, 0.3) is 0 Å². The molecule has 1 aliphatic rings. The van der Waals surface area contributed by atoms with E-state index in [9.17, 15) is 0 Å². The smallest absolute Gasteiger partial charge is 0.0831 e. The van der Waals surface area contributed by atoms with Gasteiger partial charge >= 0.3 is 0 Å². The molecule has 0 saturated carbocycles. The Bertz CT molecular complexity index is 492. The highest BCUT2D eigenvalue weighted by molar-refractivity contribution is 5.33. The van der Waals surface area contributed by atoms with Crippen molar-refractivity contribution >= 4 is 0 Å². The van der Waals surface area contributed by atoms with Gasteiger partial charge < -0.3 is 5.32 Å². The van der Waals surface area contributed by atoms with Gasteiger partial charge in [-0.15, -0.1) is 0 Å². The van der Waals surface area contributed by atoms with Gasteiger partial charge in [0.15, 0.2) is 0 Å². The molecule has 0 amide bonds. The number of fused-ring (bicyclic) bond motifs is 1. The van der Waals surface area contributed by atoms with Crippen LogP contribution in [0.5, 0.6) is 0 Å². The van der Waals surface area contributed by atoms with E-state index in [1.807, 2.05) is 24.0 Å². The SMILES string of the molecule is Cc1cncc(-n2cc3c(n2)CCNC3)c1. The number of pyridine rings is 1. The summed E-state index contributed by atoms with van der Waals surface area (Å²) in [4.78, 5) is 4.19. The number of nitrogens with one attached hydrogen (secondary N) is 1. The van der Waals surface area contributed by atoms with Gasteiger partial charge in [0.2, 0.25) is 0 Å². The lowest BCUT2D eigenvalue weighted by Crippen LogP contribution is -2.22. The Balaban J connectivity index is 2.03. The fourth-order valence-electron chi connectivity index (χ4n) is 2.03. The molecule has 82 valence electrons. The zero-order valence-electron chi connectivity index (χ0n) is 9.27. The molecule has 3 rings (SSSR count). The van der Waals surface area contributed by atoms with Crippen molar-refractivity contribution in [1.82, 2.24) is 20.1 Å². The van der Waals surface area contributed by atoms with Crippen LogP contribution in [-0.2, 0) is 13.0 Å². The Morgan fingerprint density at radius 1 is 1.38 bits per heavy atom. The van der Waals surface area contributed by atoms with Crippen LogP contribution in [0.2, 0.25) is 0 Å². The highest BCUT2D eigenvalue weighted by Gasteiger charge is 2.13. The molecule has 2 aromatic heterocycles. The Hall–Kier alpha value is -1.68. The molecule has 0 unspecified atom stereocenters. The van der Waals surface area contributed by atoms with Crippen LogP contribution in [0.3, 0.4) is 0 Å². The molecule has 0 spiro atoms. The van der Waals surface area contributed by atoms with Crippen molar-refractivity contribution < 1.29 is 0 Å². The van der Waals surface area contributed by atoms with Crippen molar-refractivity contribution in [2.75, 3.05) is 6.54 Å². The normalized spacial score (nSPS) is 14.8. The van der Waals surface area contributed by atoms with Gasteiger partial charge in [-0.3, -0.25) is 4.98 Å². The van der Waals surface area contributed by atoms with E-state index in [0.717, 1.165) is 30.8 Å². The summed E-state index contributed by atoms with van der Waals surface area (Å²) < 4.78 is 1.93. The molecule has 1 aliphatic heterocycles. The lowest BCUT2D eigenvalue weighted by atomic mass is 10.1. The van der Waals surface area contributed by atoms with Crippen molar-refractivity contribution in [2.45, 2.75) is 19.9 Å². The molecule has 0 bridgehead atoms. The molecule has 1 N–H and O–H groups in total. The van der Waals surface area contributed by atoms with E-state index in [2.05, 4.69) is 27.7 Å². The second-order valence-electron chi connectivity index (χ2n) is 4.19.